The van der Waals surface area contributed by atoms with Crippen molar-refractivity contribution < 1.29 is 24.5 Å². The number of rotatable bonds is 4. The first-order valence-corrected chi connectivity index (χ1v) is 5.21. The van der Waals surface area contributed by atoms with Gasteiger partial charge in [-0.3, -0.25) is 45.3 Å². The lowest BCUT2D eigenvalue weighted by Gasteiger charge is -2.08. The third-order valence-corrected chi connectivity index (χ3v) is 2.97. The Kier molecular flexibility index (Phi) is 2.94. The molecule has 0 saturated heterocycles. The fourth-order valence-corrected chi connectivity index (χ4v) is 2.02. The van der Waals surface area contributed by atoms with E-state index in [1.54, 1.807) is 5.32 Å². The van der Waals surface area contributed by atoms with E-state index >= 15 is 0 Å². The summed E-state index contributed by atoms with van der Waals surface area (Å²) in [6.07, 6.45) is 0. The van der Waals surface area contributed by atoms with Crippen molar-refractivity contribution in [2.45, 2.75) is 5.66 Å². The van der Waals surface area contributed by atoms with Gasteiger partial charge in [-0.2, -0.15) is 0 Å². The van der Waals surface area contributed by atoms with Crippen LogP contribution >= 0.6 is 0 Å². The van der Waals surface area contributed by atoms with Crippen LogP contribution in [0.3, 0.4) is 0 Å². The minimum Gasteiger partial charge on any atom is -0.306 e. The largest absolute Gasteiger partial charge is 0.564 e. The van der Waals surface area contributed by atoms with Crippen molar-refractivity contribution in [2.24, 2.45) is 0 Å². The molecule has 114 valence electrons. The van der Waals surface area contributed by atoms with Crippen LogP contribution in [0.1, 0.15) is 5.56 Å². The van der Waals surface area contributed by atoms with E-state index in [4.69, 9.17) is 0 Å². The van der Waals surface area contributed by atoms with Gasteiger partial charge in [-0.1, -0.05) is 0 Å². The Morgan fingerprint density at radius 3 is 1.86 bits per heavy atom. The normalized spacial score (nSPS) is 14.8. The molecule has 1 aliphatic rings. The summed E-state index contributed by atoms with van der Waals surface area (Å²) in [5, 5.41) is 45.4. The summed E-state index contributed by atoms with van der Waals surface area (Å²) in [6.45, 7) is 0. The molecule has 1 aromatic rings. The van der Waals surface area contributed by atoms with Crippen LogP contribution in [0.2, 0.25) is 0 Å². The fraction of sp³-hybridized carbons (Fsp3) is 0.125. The highest BCUT2D eigenvalue weighted by molar-refractivity contribution is 6.06. The smallest absolute Gasteiger partial charge is 0.306 e. The molecule has 22 heavy (non-hydrogen) atoms. The Balaban J connectivity index is 2.94. The Labute approximate surface area is 117 Å². The van der Waals surface area contributed by atoms with Crippen LogP contribution in [0.15, 0.2) is 12.1 Å². The van der Waals surface area contributed by atoms with Gasteiger partial charge < -0.3 is 5.32 Å². The van der Waals surface area contributed by atoms with Crippen molar-refractivity contribution in [1.82, 2.24) is 0 Å². The van der Waals surface area contributed by atoms with Crippen molar-refractivity contribution in [3.05, 3.63) is 58.2 Å². The molecule has 1 heterocycles. The number of carbonyl (C=O) groups excluding carboxylic acids is 1. The number of anilines is 1. The minimum atomic E-state index is -3.58. The van der Waals surface area contributed by atoms with Gasteiger partial charge in [0, 0.05) is 6.07 Å². The molecule has 1 N–H and O–H groups in total. The van der Waals surface area contributed by atoms with Gasteiger partial charge in [0.15, 0.2) is 5.56 Å². The highest BCUT2D eigenvalue weighted by Crippen LogP contribution is 2.45. The first-order valence-electron chi connectivity index (χ1n) is 5.21. The van der Waals surface area contributed by atoms with E-state index in [0.717, 1.165) is 0 Å². The SMILES string of the molecule is O=C1Nc2c([N+](=O)[O-])cc([N+](=O)[O-])cc2C1([N+](=O)[O-])[N+](=O)[O-]. The number of fused-ring (bicyclic) bond motifs is 1. The number of nitrogens with one attached hydrogen (secondary N) is 1. The number of amides is 1. The lowest BCUT2D eigenvalue weighted by atomic mass is 10.0. The van der Waals surface area contributed by atoms with E-state index < -0.39 is 53.9 Å². The summed E-state index contributed by atoms with van der Waals surface area (Å²) in [6, 6.07) is 0.834. The third-order valence-electron chi connectivity index (χ3n) is 2.97. The van der Waals surface area contributed by atoms with Gasteiger partial charge in [0.25, 0.3) is 5.69 Å². The Hall–Kier alpha value is -3.71. The van der Waals surface area contributed by atoms with Crippen LogP contribution in [-0.4, -0.2) is 25.6 Å². The quantitative estimate of drug-likeness (QED) is 0.456. The molecule has 0 aliphatic carbocycles. The van der Waals surface area contributed by atoms with Crippen LogP contribution in [-0.2, 0) is 10.5 Å². The molecule has 1 aliphatic heterocycles. The summed E-state index contributed by atoms with van der Waals surface area (Å²) in [4.78, 5) is 50.1. The summed E-state index contributed by atoms with van der Waals surface area (Å²) in [5.41, 5.74) is -7.49. The highest BCUT2D eigenvalue weighted by Gasteiger charge is 2.72. The summed E-state index contributed by atoms with van der Waals surface area (Å²) in [5.74, 6) is -1.75. The van der Waals surface area contributed by atoms with Crippen LogP contribution in [0, 0.1) is 40.5 Å². The molecule has 14 nitrogen and oxygen atoms in total. The molecule has 0 unspecified atom stereocenters. The van der Waals surface area contributed by atoms with Crippen molar-refractivity contribution >= 4 is 23.0 Å². The third kappa shape index (κ3) is 1.63. The maximum absolute atomic E-state index is 11.7. The van der Waals surface area contributed by atoms with Crippen molar-refractivity contribution in [2.75, 3.05) is 5.32 Å². The van der Waals surface area contributed by atoms with E-state index in [1.165, 1.54) is 0 Å². The number of nitrogens with zero attached hydrogens (tertiary/aromatic N) is 4. The number of hydrogen-bond acceptors (Lipinski definition) is 9. The van der Waals surface area contributed by atoms with E-state index in [-0.39, 0.29) is 0 Å². The molecule has 0 bridgehead atoms. The summed E-state index contributed by atoms with van der Waals surface area (Å²) in [7, 11) is 0. The summed E-state index contributed by atoms with van der Waals surface area (Å²) < 4.78 is 0. The molecular weight excluding hydrogens is 310 g/mol. The average molecular weight is 313 g/mol. The predicted octanol–water partition coefficient (Wildman–Crippen LogP) is 0.161. The topological polar surface area (TPSA) is 202 Å². The van der Waals surface area contributed by atoms with Crippen molar-refractivity contribution in [3.63, 3.8) is 0 Å². The van der Waals surface area contributed by atoms with Crippen molar-refractivity contribution in [3.8, 4) is 0 Å². The minimum absolute atomic E-state index is 0.395. The van der Waals surface area contributed by atoms with E-state index in [2.05, 4.69) is 0 Å². The lowest BCUT2D eigenvalue weighted by molar-refractivity contribution is -0.787. The maximum Gasteiger partial charge on any atom is 0.564 e. The number of nitro benzene ring substituents is 2. The van der Waals surface area contributed by atoms with E-state index in [0.29, 0.717) is 12.1 Å². The second kappa shape index (κ2) is 4.40. The Morgan fingerprint density at radius 1 is 0.909 bits per heavy atom. The van der Waals surface area contributed by atoms with Crippen LogP contribution < -0.4 is 5.32 Å². The number of nitro groups is 4. The van der Waals surface area contributed by atoms with Gasteiger partial charge in [-0.25, -0.2) is 0 Å². The standard InChI is InChI=1S/C8H3N5O9/c14-7-8(12(19)20,13(21)22)4-1-3(10(15)16)2-5(11(17)18)6(4)9-7/h1-2H,(H,9,14). The molecule has 1 amide bonds. The van der Waals surface area contributed by atoms with Crippen LogP contribution in [0.25, 0.3) is 0 Å². The Bertz CT molecular complexity index is 758. The summed E-state index contributed by atoms with van der Waals surface area (Å²) >= 11 is 0. The fourth-order valence-electron chi connectivity index (χ4n) is 2.02. The van der Waals surface area contributed by atoms with Gasteiger partial charge in [0.1, 0.15) is 15.5 Å². The molecule has 0 atom stereocenters. The molecule has 2 rings (SSSR count). The molecule has 0 fully saturated rings. The first-order chi connectivity index (χ1) is 10.1. The molecule has 1 aromatic carbocycles. The lowest BCUT2D eigenvalue weighted by Crippen LogP contribution is -2.49. The van der Waals surface area contributed by atoms with E-state index in [9.17, 15) is 45.3 Å². The number of non-ortho nitro benzene ring substituents is 1. The number of benzene rings is 1. The van der Waals surface area contributed by atoms with E-state index in [1.807, 2.05) is 0 Å². The second-order valence-corrected chi connectivity index (χ2v) is 4.04. The first kappa shape index (κ1) is 14.7. The van der Waals surface area contributed by atoms with Crippen molar-refractivity contribution in [1.29, 1.82) is 0 Å². The molecule has 0 aromatic heterocycles. The molecule has 0 radical (unpaired) electrons. The van der Waals surface area contributed by atoms with Gasteiger partial charge in [-0.05, 0) is 0 Å². The second-order valence-electron chi connectivity index (χ2n) is 4.04. The Morgan fingerprint density at radius 2 is 1.45 bits per heavy atom. The number of hydrogen-bond donors (Lipinski definition) is 1. The molecule has 0 spiro atoms. The monoisotopic (exact) mass is 313 g/mol. The zero-order valence-corrected chi connectivity index (χ0v) is 10.1. The average Bonchev–Trinajstić information content (AvgIpc) is 2.69. The predicted molar refractivity (Wildman–Crippen MR) is 64.0 cm³/mol. The molecular formula is C8H3N5O9. The van der Waals surface area contributed by atoms with Crippen LogP contribution in [0.4, 0.5) is 17.1 Å². The van der Waals surface area contributed by atoms with Crippen LogP contribution in [0.5, 0.6) is 0 Å². The van der Waals surface area contributed by atoms with Gasteiger partial charge in [-0.15, -0.1) is 0 Å². The highest BCUT2D eigenvalue weighted by atomic mass is 16.7. The molecule has 0 saturated carbocycles. The zero-order chi connectivity index (χ0) is 16.8. The van der Waals surface area contributed by atoms with Gasteiger partial charge >= 0.3 is 17.3 Å². The number of carbonyl (C=O) groups is 1. The van der Waals surface area contributed by atoms with Gasteiger partial charge in [0.2, 0.25) is 0 Å². The maximum atomic E-state index is 11.7. The van der Waals surface area contributed by atoms with Gasteiger partial charge in [0.05, 0.1) is 15.9 Å². The molecule has 14 heteroatoms. The zero-order valence-electron chi connectivity index (χ0n) is 10.1.